The fraction of sp³-hybridized carbons (Fsp3) is 0.435. The lowest BCUT2D eigenvalue weighted by molar-refractivity contribution is -0.138. The lowest BCUT2D eigenvalue weighted by Gasteiger charge is -2.25. The van der Waals surface area contributed by atoms with Gasteiger partial charge >= 0.3 is 5.97 Å². The van der Waals surface area contributed by atoms with Crippen molar-refractivity contribution in [1.29, 1.82) is 0 Å². The van der Waals surface area contributed by atoms with E-state index in [0.29, 0.717) is 12.1 Å². The van der Waals surface area contributed by atoms with Crippen LogP contribution in [0, 0.1) is 5.92 Å². The zero-order valence-electron chi connectivity index (χ0n) is 19.3. The standard InChI is InChI=1S/C23H32N6O5/c1-14(2)8-18(28-21(32)17(24)10-16-11-25-13-27-16)23(34)29-19(22(33)26-12-20(30)31)9-15-6-4-3-5-7-15/h3-7,11,13-14,17-19H,8-10,12,24H2,1-2H3,(H,25,27)(H,26,33)(H,28,32)(H,29,34)(H,30,31). The topological polar surface area (TPSA) is 179 Å². The van der Waals surface area contributed by atoms with Crippen LogP contribution in [-0.2, 0) is 32.0 Å². The SMILES string of the molecule is CC(C)CC(NC(=O)C(N)Cc1cnc[nH]1)C(=O)NC(Cc1ccccc1)C(=O)NCC(=O)O. The number of imidazole rings is 1. The molecule has 3 unspecified atom stereocenters. The number of amides is 3. The van der Waals surface area contributed by atoms with Crippen LogP contribution >= 0.6 is 0 Å². The van der Waals surface area contributed by atoms with Gasteiger partial charge in [0.15, 0.2) is 0 Å². The summed E-state index contributed by atoms with van der Waals surface area (Å²) in [6.45, 7) is 3.23. The quantitative estimate of drug-likeness (QED) is 0.232. The molecule has 0 spiro atoms. The average Bonchev–Trinajstić information content (AvgIpc) is 3.29. The third kappa shape index (κ3) is 9.02. The molecule has 0 fully saturated rings. The largest absolute Gasteiger partial charge is 0.480 e. The molecular formula is C23H32N6O5. The number of carboxylic acid groups (broad SMARTS) is 1. The minimum atomic E-state index is -1.20. The molecule has 2 aromatic rings. The van der Waals surface area contributed by atoms with E-state index < -0.39 is 48.4 Å². The Labute approximate surface area is 197 Å². The van der Waals surface area contributed by atoms with E-state index in [2.05, 4.69) is 25.9 Å². The number of carbonyl (C=O) groups excluding carboxylic acids is 3. The number of rotatable bonds is 13. The van der Waals surface area contributed by atoms with Crippen LogP contribution in [0.5, 0.6) is 0 Å². The third-order valence-electron chi connectivity index (χ3n) is 5.00. The number of nitrogens with zero attached hydrogens (tertiary/aromatic N) is 1. The monoisotopic (exact) mass is 472 g/mol. The van der Waals surface area contributed by atoms with Crippen molar-refractivity contribution in [1.82, 2.24) is 25.9 Å². The maximum Gasteiger partial charge on any atom is 0.322 e. The maximum atomic E-state index is 13.1. The smallest absolute Gasteiger partial charge is 0.322 e. The van der Waals surface area contributed by atoms with Crippen molar-refractivity contribution in [2.45, 2.75) is 51.2 Å². The van der Waals surface area contributed by atoms with Gasteiger partial charge in [-0.2, -0.15) is 0 Å². The van der Waals surface area contributed by atoms with E-state index >= 15 is 0 Å². The normalized spacial score (nSPS) is 13.5. The Bertz CT molecular complexity index is 948. The molecule has 0 aliphatic heterocycles. The molecule has 0 aliphatic rings. The Hall–Kier alpha value is -3.73. The molecule has 3 atom stereocenters. The lowest BCUT2D eigenvalue weighted by Crippen LogP contribution is -2.57. The highest BCUT2D eigenvalue weighted by atomic mass is 16.4. The van der Waals surface area contributed by atoms with Gasteiger partial charge in [-0.3, -0.25) is 19.2 Å². The fourth-order valence-electron chi connectivity index (χ4n) is 3.32. The van der Waals surface area contributed by atoms with Crippen molar-refractivity contribution in [2.75, 3.05) is 6.54 Å². The van der Waals surface area contributed by atoms with E-state index in [1.54, 1.807) is 30.5 Å². The molecule has 1 aromatic carbocycles. The molecule has 0 bridgehead atoms. The van der Waals surface area contributed by atoms with Gasteiger partial charge < -0.3 is 31.8 Å². The Balaban J connectivity index is 2.11. The maximum absolute atomic E-state index is 13.1. The van der Waals surface area contributed by atoms with E-state index in [1.807, 2.05) is 19.9 Å². The summed E-state index contributed by atoms with van der Waals surface area (Å²) in [6.07, 6.45) is 3.74. The second kappa shape index (κ2) is 13.1. The number of aliphatic carboxylic acids is 1. The number of aromatic nitrogens is 2. The summed E-state index contributed by atoms with van der Waals surface area (Å²) >= 11 is 0. The number of benzene rings is 1. The number of carbonyl (C=O) groups is 4. The summed E-state index contributed by atoms with van der Waals surface area (Å²) in [5, 5.41) is 16.5. The second-order valence-corrected chi connectivity index (χ2v) is 8.44. The number of nitrogens with one attached hydrogen (secondary N) is 4. The van der Waals surface area contributed by atoms with Crippen molar-refractivity contribution in [3.05, 3.63) is 54.1 Å². The van der Waals surface area contributed by atoms with Crippen molar-refractivity contribution in [3.8, 4) is 0 Å². The second-order valence-electron chi connectivity index (χ2n) is 8.44. The fourth-order valence-corrected chi connectivity index (χ4v) is 3.32. The molecule has 0 saturated carbocycles. The van der Waals surface area contributed by atoms with Crippen LogP contribution in [0.25, 0.3) is 0 Å². The van der Waals surface area contributed by atoms with E-state index in [9.17, 15) is 19.2 Å². The van der Waals surface area contributed by atoms with Crippen LogP contribution in [0.3, 0.4) is 0 Å². The van der Waals surface area contributed by atoms with Gasteiger partial charge in [0.1, 0.15) is 18.6 Å². The van der Waals surface area contributed by atoms with Crippen LogP contribution < -0.4 is 21.7 Å². The molecular weight excluding hydrogens is 440 g/mol. The van der Waals surface area contributed by atoms with Crippen LogP contribution in [-0.4, -0.2) is 63.4 Å². The molecule has 11 heteroatoms. The molecule has 0 aliphatic carbocycles. The van der Waals surface area contributed by atoms with Gasteiger partial charge in [-0.25, -0.2) is 4.98 Å². The first kappa shape index (κ1) is 26.5. The highest BCUT2D eigenvalue weighted by molar-refractivity contribution is 5.93. The van der Waals surface area contributed by atoms with E-state index in [4.69, 9.17) is 10.8 Å². The Morgan fingerprint density at radius 2 is 1.68 bits per heavy atom. The molecule has 1 heterocycles. The van der Waals surface area contributed by atoms with Crippen molar-refractivity contribution in [2.24, 2.45) is 11.7 Å². The van der Waals surface area contributed by atoms with Crippen molar-refractivity contribution < 1.29 is 24.3 Å². The zero-order chi connectivity index (χ0) is 25.1. The van der Waals surface area contributed by atoms with Gasteiger partial charge in [-0.1, -0.05) is 44.2 Å². The van der Waals surface area contributed by atoms with Crippen LogP contribution in [0.15, 0.2) is 42.9 Å². The Morgan fingerprint density at radius 3 is 2.26 bits per heavy atom. The summed E-state index contributed by atoms with van der Waals surface area (Å²) in [4.78, 5) is 56.0. The highest BCUT2D eigenvalue weighted by Crippen LogP contribution is 2.09. The summed E-state index contributed by atoms with van der Waals surface area (Å²) in [5.41, 5.74) is 7.46. The van der Waals surface area contributed by atoms with Gasteiger partial charge in [0.2, 0.25) is 17.7 Å². The predicted molar refractivity (Wildman–Crippen MR) is 124 cm³/mol. The Kier molecular flexibility index (Phi) is 10.2. The predicted octanol–water partition coefficient (Wildman–Crippen LogP) is -0.261. The summed E-state index contributed by atoms with van der Waals surface area (Å²) in [6, 6.07) is 6.16. The molecule has 7 N–H and O–H groups in total. The molecule has 1 aromatic heterocycles. The Morgan fingerprint density at radius 1 is 1.00 bits per heavy atom. The molecule has 2 rings (SSSR count). The first-order valence-corrected chi connectivity index (χ1v) is 11.0. The summed E-state index contributed by atoms with van der Waals surface area (Å²) in [5.74, 6) is -2.83. The minimum absolute atomic E-state index is 0.0632. The average molecular weight is 473 g/mol. The van der Waals surface area contributed by atoms with Gasteiger partial charge in [-0.05, 0) is 17.9 Å². The summed E-state index contributed by atoms with van der Waals surface area (Å²) in [7, 11) is 0. The highest BCUT2D eigenvalue weighted by Gasteiger charge is 2.29. The van der Waals surface area contributed by atoms with Gasteiger partial charge in [0, 0.05) is 24.7 Å². The van der Waals surface area contributed by atoms with Crippen molar-refractivity contribution >= 4 is 23.7 Å². The van der Waals surface area contributed by atoms with Gasteiger partial charge in [0.05, 0.1) is 12.4 Å². The molecule has 0 saturated heterocycles. The molecule has 3 amide bonds. The van der Waals surface area contributed by atoms with E-state index in [1.165, 1.54) is 6.33 Å². The van der Waals surface area contributed by atoms with E-state index in [0.717, 1.165) is 5.56 Å². The van der Waals surface area contributed by atoms with Crippen LogP contribution in [0.2, 0.25) is 0 Å². The van der Waals surface area contributed by atoms with Gasteiger partial charge in [0.25, 0.3) is 0 Å². The number of hydrogen-bond donors (Lipinski definition) is 6. The first-order chi connectivity index (χ1) is 16.2. The molecule has 184 valence electrons. The third-order valence-corrected chi connectivity index (χ3v) is 5.00. The van der Waals surface area contributed by atoms with Crippen molar-refractivity contribution in [3.63, 3.8) is 0 Å². The van der Waals surface area contributed by atoms with Crippen LogP contribution in [0.4, 0.5) is 0 Å². The number of nitrogens with two attached hydrogens (primary N) is 1. The number of aromatic amines is 1. The lowest BCUT2D eigenvalue weighted by atomic mass is 10.0. The number of carboxylic acids is 1. The van der Waals surface area contributed by atoms with Gasteiger partial charge in [-0.15, -0.1) is 0 Å². The molecule has 0 radical (unpaired) electrons. The minimum Gasteiger partial charge on any atom is -0.480 e. The number of hydrogen-bond acceptors (Lipinski definition) is 6. The molecule has 11 nitrogen and oxygen atoms in total. The summed E-state index contributed by atoms with van der Waals surface area (Å²) < 4.78 is 0. The number of H-pyrrole nitrogens is 1. The zero-order valence-corrected chi connectivity index (χ0v) is 19.3. The van der Waals surface area contributed by atoms with Crippen LogP contribution in [0.1, 0.15) is 31.5 Å². The molecule has 34 heavy (non-hydrogen) atoms. The first-order valence-electron chi connectivity index (χ1n) is 11.0. The van der Waals surface area contributed by atoms with E-state index in [-0.39, 0.29) is 18.8 Å².